The summed E-state index contributed by atoms with van der Waals surface area (Å²) in [5.41, 5.74) is 8.21. The lowest BCUT2D eigenvalue weighted by atomic mass is 9.86. The van der Waals surface area contributed by atoms with Crippen LogP contribution in [0.2, 0.25) is 0 Å². The second-order valence-electron chi connectivity index (χ2n) is 13.1. The van der Waals surface area contributed by atoms with Crippen LogP contribution in [0.15, 0.2) is 97.1 Å². The predicted octanol–water partition coefficient (Wildman–Crippen LogP) is 6.93. The molecular weight excluding hydrogens is 674 g/mol. The lowest BCUT2D eigenvalue weighted by Gasteiger charge is -2.27. The third-order valence-electron chi connectivity index (χ3n) is 9.28. The number of nitrogens with one attached hydrogen (secondary N) is 1. The number of carbonyl (C=O) groups excluding carboxylic acids is 1. The van der Waals surface area contributed by atoms with Crippen molar-refractivity contribution in [1.82, 2.24) is 5.32 Å². The summed E-state index contributed by atoms with van der Waals surface area (Å²) >= 11 is 0. The molecule has 6 rings (SSSR count). The van der Waals surface area contributed by atoms with Crippen molar-refractivity contribution >= 4 is 11.9 Å². The summed E-state index contributed by atoms with van der Waals surface area (Å²) < 4.78 is 26.8. The average molecular weight is 721 g/mol. The first-order chi connectivity index (χ1) is 25.6. The summed E-state index contributed by atoms with van der Waals surface area (Å²) in [5, 5.41) is 30.9. The largest absolute Gasteiger partial charge is 0.478 e. The van der Waals surface area contributed by atoms with Gasteiger partial charge in [0.1, 0.15) is 11.6 Å². The molecule has 4 aromatic carbocycles. The zero-order valence-electron chi connectivity index (χ0n) is 29.6. The minimum atomic E-state index is -0.983. The van der Waals surface area contributed by atoms with Crippen molar-refractivity contribution in [3.05, 3.63) is 142 Å². The van der Waals surface area contributed by atoms with Gasteiger partial charge in [0.05, 0.1) is 28.9 Å². The molecule has 4 unspecified atom stereocenters. The van der Waals surface area contributed by atoms with Gasteiger partial charge in [-0.3, -0.25) is 4.79 Å². The Bertz CT molecular complexity index is 1910. The molecule has 7 nitrogen and oxygen atoms in total. The van der Waals surface area contributed by atoms with E-state index in [9.17, 15) is 28.6 Å². The van der Waals surface area contributed by atoms with Crippen molar-refractivity contribution in [2.75, 3.05) is 13.1 Å². The van der Waals surface area contributed by atoms with Crippen LogP contribution in [0.25, 0.3) is 0 Å². The number of halogens is 2. The van der Waals surface area contributed by atoms with E-state index in [1.807, 2.05) is 0 Å². The number of carboxylic acid groups (broad SMARTS) is 1. The molecule has 1 amide bonds. The standard InChI is InChI=1S/C22H22FNO2.C15H9FO2.C7H15NO/c23-20-7-3-1-5-17(20)12-9-16-10-13-18(14-11-16)22(26)24-15-19-6-2-4-8-21(19)25;16-14-4-2-1-3-12(14)8-5-11-6-9-13(10-7-11)15(17)18;8-5-6-3-1-2-4-7(6)9/h1,3,5,7,10-11,13-14,19,21,25H,2,4,6,8,15H2,(H,24,26);1-4,6-7,9-10H,(H,17,18);6-7,9H,1-5,8H2. The van der Waals surface area contributed by atoms with Gasteiger partial charge in [-0.05, 0) is 111 Å². The molecule has 0 heterocycles. The number of aliphatic hydroxyl groups excluding tert-OH is 2. The monoisotopic (exact) mass is 720 g/mol. The number of benzene rings is 4. The second kappa shape index (κ2) is 21.3. The summed E-state index contributed by atoms with van der Waals surface area (Å²) in [7, 11) is 0. The lowest BCUT2D eigenvalue weighted by Crippen LogP contribution is -2.36. The van der Waals surface area contributed by atoms with E-state index >= 15 is 0 Å². The highest BCUT2D eigenvalue weighted by molar-refractivity contribution is 5.94. The molecule has 0 aromatic heterocycles. The highest BCUT2D eigenvalue weighted by atomic mass is 19.1. The van der Waals surface area contributed by atoms with E-state index in [0.717, 1.165) is 38.5 Å². The molecule has 0 saturated heterocycles. The highest BCUT2D eigenvalue weighted by Crippen LogP contribution is 2.24. The third kappa shape index (κ3) is 13.3. The zero-order chi connectivity index (χ0) is 38.0. The second-order valence-corrected chi connectivity index (χ2v) is 13.1. The first-order valence-corrected chi connectivity index (χ1v) is 18.0. The van der Waals surface area contributed by atoms with Crippen molar-refractivity contribution in [2.24, 2.45) is 17.6 Å². The van der Waals surface area contributed by atoms with E-state index in [2.05, 4.69) is 29.0 Å². The van der Waals surface area contributed by atoms with Crippen LogP contribution in [-0.4, -0.2) is 52.5 Å². The summed E-state index contributed by atoms with van der Waals surface area (Å²) in [6, 6.07) is 25.6. The van der Waals surface area contributed by atoms with E-state index < -0.39 is 5.97 Å². The van der Waals surface area contributed by atoms with E-state index in [-0.39, 0.29) is 41.2 Å². The first-order valence-electron chi connectivity index (χ1n) is 18.0. The van der Waals surface area contributed by atoms with Gasteiger partial charge in [-0.15, -0.1) is 0 Å². The topological polar surface area (TPSA) is 133 Å². The molecular formula is C44H46F2N2O5. The molecule has 4 aromatic rings. The van der Waals surface area contributed by atoms with E-state index in [4.69, 9.17) is 10.8 Å². The maximum Gasteiger partial charge on any atom is 0.335 e. The van der Waals surface area contributed by atoms with Crippen molar-refractivity contribution in [2.45, 2.75) is 63.6 Å². The van der Waals surface area contributed by atoms with E-state index in [1.54, 1.807) is 72.8 Å². The molecule has 2 aliphatic rings. The SMILES string of the molecule is NCC1CCCCC1O.O=C(NCC1CCCCC1O)c1ccc(C#Cc2ccccc2F)cc1.O=C(O)c1ccc(C#Cc2ccccc2F)cc1. The number of aliphatic hydroxyl groups is 2. The fraction of sp³-hybridized carbons (Fsp3) is 0.318. The number of hydrogen-bond donors (Lipinski definition) is 5. The predicted molar refractivity (Wildman–Crippen MR) is 202 cm³/mol. The number of carbonyl (C=O) groups is 2. The number of aromatic carboxylic acids is 1. The molecule has 0 spiro atoms. The van der Waals surface area contributed by atoms with Gasteiger partial charge in [0, 0.05) is 29.2 Å². The van der Waals surface area contributed by atoms with Crippen molar-refractivity contribution in [3.63, 3.8) is 0 Å². The molecule has 276 valence electrons. The Morgan fingerprint density at radius 3 is 1.47 bits per heavy atom. The summed E-state index contributed by atoms with van der Waals surface area (Å²) in [4.78, 5) is 22.9. The summed E-state index contributed by atoms with van der Waals surface area (Å²) in [5.74, 6) is 9.86. The van der Waals surface area contributed by atoms with Crippen molar-refractivity contribution in [3.8, 4) is 23.7 Å². The number of amides is 1. The number of hydrogen-bond acceptors (Lipinski definition) is 5. The minimum Gasteiger partial charge on any atom is -0.478 e. The van der Waals surface area contributed by atoms with Crippen LogP contribution in [-0.2, 0) is 0 Å². The number of rotatable bonds is 5. The van der Waals surface area contributed by atoms with Crippen molar-refractivity contribution < 1.29 is 33.7 Å². The Balaban J connectivity index is 0.000000200. The lowest BCUT2D eigenvalue weighted by molar-refractivity contribution is 0.0661. The number of nitrogens with two attached hydrogens (primary N) is 1. The van der Waals surface area contributed by atoms with Gasteiger partial charge >= 0.3 is 5.97 Å². The minimum absolute atomic E-state index is 0.108. The van der Waals surface area contributed by atoms with Crippen LogP contribution in [0.1, 0.15) is 94.3 Å². The Hall–Kier alpha value is -5.32. The Morgan fingerprint density at radius 1 is 0.623 bits per heavy atom. The molecule has 2 saturated carbocycles. The van der Waals surface area contributed by atoms with Crippen LogP contribution >= 0.6 is 0 Å². The molecule has 0 radical (unpaired) electrons. The van der Waals surface area contributed by atoms with Gasteiger partial charge in [-0.25, -0.2) is 13.6 Å². The third-order valence-corrected chi connectivity index (χ3v) is 9.28. The van der Waals surface area contributed by atoms with E-state index in [0.29, 0.717) is 46.8 Å². The molecule has 0 bridgehead atoms. The van der Waals surface area contributed by atoms with Gasteiger partial charge in [0.2, 0.25) is 0 Å². The highest BCUT2D eigenvalue weighted by Gasteiger charge is 2.23. The van der Waals surface area contributed by atoms with Crippen LogP contribution in [0, 0.1) is 47.2 Å². The molecule has 53 heavy (non-hydrogen) atoms. The zero-order valence-corrected chi connectivity index (χ0v) is 29.6. The Labute approximate surface area is 310 Å². The molecule has 2 fully saturated rings. The van der Waals surface area contributed by atoms with Crippen LogP contribution < -0.4 is 11.1 Å². The molecule has 4 atom stereocenters. The van der Waals surface area contributed by atoms with Crippen LogP contribution in [0.3, 0.4) is 0 Å². The van der Waals surface area contributed by atoms with Crippen molar-refractivity contribution in [1.29, 1.82) is 0 Å². The first kappa shape index (κ1) is 40.5. The summed E-state index contributed by atoms with van der Waals surface area (Å²) in [6.07, 6.45) is 8.01. The quantitative estimate of drug-likeness (QED) is 0.142. The molecule has 9 heteroatoms. The van der Waals surface area contributed by atoms with Gasteiger partial charge in [0.15, 0.2) is 0 Å². The van der Waals surface area contributed by atoms with Gasteiger partial charge < -0.3 is 26.4 Å². The normalized spacial score (nSPS) is 18.9. The average Bonchev–Trinajstić information content (AvgIpc) is 3.18. The van der Waals surface area contributed by atoms with Crippen LogP contribution in [0.4, 0.5) is 8.78 Å². The fourth-order valence-electron chi connectivity index (χ4n) is 6.02. The van der Waals surface area contributed by atoms with Gasteiger partial charge in [-0.1, -0.05) is 73.6 Å². The maximum absolute atomic E-state index is 13.6. The molecule has 0 aliphatic heterocycles. The Morgan fingerprint density at radius 2 is 1.06 bits per heavy atom. The number of carboxylic acids is 1. The van der Waals surface area contributed by atoms with E-state index in [1.165, 1.54) is 37.1 Å². The fourth-order valence-corrected chi connectivity index (χ4v) is 6.02. The molecule has 2 aliphatic carbocycles. The smallest absolute Gasteiger partial charge is 0.335 e. The van der Waals surface area contributed by atoms with Gasteiger partial charge in [0.25, 0.3) is 5.91 Å². The van der Waals surface area contributed by atoms with Gasteiger partial charge in [-0.2, -0.15) is 0 Å². The Kier molecular flexibility index (Phi) is 16.2. The van der Waals surface area contributed by atoms with Crippen LogP contribution in [0.5, 0.6) is 0 Å². The maximum atomic E-state index is 13.6. The molecule has 6 N–H and O–H groups in total. The summed E-state index contributed by atoms with van der Waals surface area (Å²) in [6.45, 7) is 1.15.